The van der Waals surface area contributed by atoms with Crippen LogP contribution in [-0.2, 0) is 38.4 Å². The highest BCUT2D eigenvalue weighted by molar-refractivity contribution is 5.98. The van der Waals surface area contributed by atoms with Crippen molar-refractivity contribution >= 4 is 47.0 Å². The third kappa shape index (κ3) is 33.8. The smallest absolute Gasteiger partial charge is 0.226 e. The van der Waals surface area contributed by atoms with Crippen molar-refractivity contribution < 1.29 is 38.4 Å². The first kappa shape index (κ1) is 69.9. The minimum absolute atomic E-state index is 0.210. The molecule has 0 rings (SSSR count). The van der Waals surface area contributed by atoms with E-state index in [2.05, 4.69) is 54.7 Å². The molecule has 20 nitrogen and oxygen atoms in total. The average Bonchev–Trinajstić information content (AvgIpc) is 3.36. The zero-order valence-electron chi connectivity index (χ0n) is 48.0. The minimum Gasteiger partial charge on any atom is -0.356 e. The Hall–Kier alpha value is -4.08. The molecule has 0 aliphatic heterocycles. The number of hydrogen-bond acceptors (Lipinski definition) is 14. The highest BCUT2D eigenvalue weighted by atomic mass is 16.2. The molecule has 0 aliphatic carbocycles. The van der Waals surface area contributed by atoms with Gasteiger partial charge in [-0.2, -0.15) is 0 Å². The molecule has 0 aromatic rings. The summed E-state index contributed by atoms with van der Waals surface area (Å²) in [4.78, 5) is 122. The zero-order valence-corrected chi connectivity index (χ0v) is 48.0. The predicted octanol–water partition coefficient (Wildman–Crippen LogP) is 2.08. The van der Waals surface area contributed by atoms with Gasteiger partial charge in [-0.1, -0.05) is 72.6 Å². The van der Waals surface area contributed by atoms with Gasteiger partial charge in [0.15, 0.2) is 5.78 Å². The number of likely N-dealkylation sites (N-methyl/N-ethyl adjacent to an activating group) is 6. The number of carbonyl (C=O) groups is 8. The molecule has 20 heteroatoms. The van der Waals surface area contributed by atoms with Gasteiger partial charge in [0.05, 0.1) is 24.3 Å². The quantitative estimate of drug-likeness (QED) is 0.0478. The van der Waals surface area contributed by atoms with Crippen molar-refractivity contribution in [1.82, 2.24) is 50.7 Å². The normalized spacial score (nSPS) is 13.1. The van der Waals surface area contributed by atoms with Crippen molar-refractivity contribution in [3.63, 3.8) is 0 Å². The number of rotatable bonds is 47. The molecule has 0 spiro atoms. The Morgan fingerprint density at radius 1 is 0.419 bits per heavy atom. The van der Waals surface area contributed by atoms with Crippen molar-refractivity contribution in [3.05, 3.63) is 0 Å². The van der Waals surface area contributed by atoms with Crippen molar-refractivity contribution in [2.45, 2.75) is 143 Å². The van der Waals surface area contributed by atoms with E-state index in [1.807, 2.05) is 42.0 Å². The predicted molar refractivity (Wildman–Crippen MR) is 296 cm³/mol. The maximum absolute atomic E-state index is 14.5. The summed E-state index contributed by atoms with van der Waals surface area (Å²) in [7, 11) is 11.2. The first-order valence-corrected chi connectivity index (χ1v) is 28.1. The molecule has 0 saturated carbocycles. The molecule has 0 radical (unpaired) electrons. The van der Waals surface area contributed by atoms with Crippen LogP contribution in [0.3, 0.4) is 0 Å². The second-order valence-electron chi connectivity index (χ2n) is 20.6. The van der Waals surface area contributed by atoms with Crippen LogP contribution < -0.4 is 32.7 Å². The second-order valence-corrected chi connectivity index (χ2v) is 20.6. The Morgan fingerprint density at radius 2 is 0.865 bits per heavy atom. The minimum atomic E-state index is -1.35. The molecule has 430 valence electrons. The van der Waals surface area contributed by atoms with Crippen LogP contribution in [0.15, 0.2) is 0 Å². The third-order valence-corrected chi connectivity index (χ3v) is 13.6. The molecule has 0 aromatic heterocycles. The number of unbranched alkanes of at least 4 members (excludes halogenated alkanes) is 7. The molecule has 0 aliphatic rings. The van der Waals surface area contributed by atoms with E-state index < -0.39 is 78.3 Å². The van der Waals surface area contributed by atoms with Gasteiger partial charge >= 0.3 is 0 Å². The number of carbonyl (C=O) groups excluding carboxylic acids is 8. The number of hydrogen-bond donors (Lipinski definition) is 6. The van der Waals surface area contributed by atoms with Crippen LogP contribution >= 0.6 is 0 Å². The van der Waals surface area contributed by atoms with Gasteiger partial charge in [0, 0.05) is 150 Å². The fourth-order valence-corrected chi connectivity index (χ4v) is 8.27. The second kappa shape index (κ2) is 43.1. The maximum atomic E-state index is 14.5. The molecule has 8 N–H and O–H groups in total. The molecule has 0 bridgehead atoms. The van der Waals surface area contributed by atoms with Crippen LogP contribution in [0.4, 0.5) is 0 Å². The zero-order chi connectivity index (χ0) is 55.8. The highest BCUT2D eigenvalue weighted by Gasteiger charge is 2.34. The third-order valence-electron chi connectivity index (χ3n) is 13.6. The first-order valence-electron chi connectivity index (χ1n) is 28.1. The molecule has 0 saturated heterocycles. The van der Waals surface area contributed by atoms with Crippen molar-refractivity contribution in [1.29, 1.82) is 0 Å². The van der Waals surface area contributed by atoms with Crippen LogP contribution in [-0.4, -0.2) is 223 Å². The largest absolute Gasteiger partial charge is 0.356 e. The van der Waals surface area contributed by atoms with Gasteiger partial charge in [-0.15, -0.1) is 0 Å². The summed E-state index contributed by atoms with van der Waals surface area (Å²) in [6, 6.07) is -1.35. The van der Waals surface area contributed by atoms with Crippen LogP contribution in [0.5, 0.6) is 0 Å². The summed E-state index contributed by atoms with van der Waals surface area (Å²) >= 11 is 0. The Bertz CT molecular complexity index is 1610. The van der Waals surface area contributed by atoms with Crippen LogP contribution in [0.1, 0.15) is 137 Å². The topological polar surface area (TPSA) is 256 Å². The first-order chi connectivity index (χ1) is 35.3. The van der Waals surface area contributed by atoms with Gasteiger partial charge in [-0.05, 0) is 53.9 Å². The number of ketones is 2. The Labute approximate surface area is 447 Å². The SMILES string of the molecule is CCCCCCNC(=O)CC(NC(=O)CC(CC)C(=O)NCCCCCC)C(=O)CC(CC(=O)CC(CC(=O)N(C)CCN(C)CCN(C)CCN)C(=O)NCCCC)C(=O)N(C)CCN(C)CCN(C)CCN. The summed E-state index contributed by atoms with van der Waals surface area (Å²) < 4.78 is 0. The average molecular weight is 1050 g/mol. The van der Waals surface area contributed by atoms with Crippen molar-refractivity contribution in [2.75, 3.05) is 140 Å². The Kier molecular flexibility index (Phi) is 40.7. The summed E-state index contributed by atoms with van der Waals surface area (Å²) in [5.74, 6) is -6.52. The molecule has 0 heterocycles. The number of nitrogens with zero attached hydrogens (tertiary/aromatic N) is 6. The summed E-state index contributed by atoms with van der Waals surface area (Å²) in [5.41, 5.74) is 11.4. The molecule has 0 fully saturated rings. The highest BCUT2D eigenvalue weighted by Crippen LogP contribution is 2.21. The molecule has 0 aromatic carbocycles. The summed E-state index contributed by atoms with van der Waals surface area (Å²) in [6.07, 6.45) is 7.43. The van der Waals surface area contributed by atoms with Gasteiger partial charge in [0.2, 0.25) is 35.4 Å². The van der Waals surface area contributed by atoms with Gasteiger partial charge < -0.3 is 62.1 Å². The van der Waals surface area contributed by atoms with Crippen LogP contribution in [0.25, 0.3) is 0 Å². The maximum Gasteiger partial charge on any atom is 0.226 e. The van der Waals surface area contributed by atoms with Gasteiger partial charge in [-0.25, -0.2) is 0 Å². The lowest BCUT2D eigenvalue weighted by Gasteiger charge is -2.28. The summed E-state index contributed by atoms with van der Waals surface area (Å²) in [6.45, 7) is 16.7. The van der Waals surface area contributed by atoms with E-state index in [0.29, 0.717) is 71.7 Å². The van der Waals surface area contributed by atoms with Crippen LogP contribution in [0.2, 0.25) is 0 Å². The lowest BCUT2D eigenvalue weighted by Crippen LogP contribution is -2.47. The lowest BCUT2D eigenvalue weighted by molar-refractivity contribution is -0.141. The fourth-order valence-electron chi connectivity index (χ4n) is 8.27. The van der Waals surface area contributed by atoms with E-state index in [-0.39, 0.29) is 37.6 Å². The van der Waals surface area contributed by atoms with Crippen molar-refractivity contribution in [2.24, 2.45) is 29.2 Å². The van der Waals surface area contributed by atoms with E-state index in [0.717, 1.165) is 90.5 Å². The fraction of sp³-hybridized carbons (Fsp3) is 0.852. The van der Waals surface area contributed by atoms with E-state index in [9.17, 15) is 38.4 Å². The lowest BCUT2D eigenvalue weighted by atomic mass is 9.87. The number of nitrogens with two attached hydrogens (primary N) is 2. The van der Waals surface area contributed by atoms with E-state index in [4.69, 9.17) is 11.5 Å². The summed E-state index contributed by atoms with van der Waals surface area (Å²) in [5, 5.41) is 11.4. The number of nitrogens with one attached hydrogen (secondary N) is 4. The van der Waals surface area contributed by atoms with Gasteiger partial charge in [0.1, 0.15) is 5.78 Å². The van der Waals surface area contributed by atoms with Gasteiger partial charge in [-0.3, -0.25) is 38.4 Å². The Balaban J connectivity index is 6.73. The van der Waals surface area contributed by atoms with Crippen molar-refractivity contribution in [3.8, 4) is 0 Å². The number of amides is 6. The van der Waals surface area contributed by atoms with Gasteiger partial charge in [0.25, 0.3) is 0 Å². The van der Waals surface area contributed by atoms with E-state index in [1.54, 1.807) is 19.0 Å². The molecular weight excluding hydrogens is 945 g/mol. The molecule has 6 amide bonds. The van der Waals surface area contributed by atoms with E-state index in [1.165, 1.54) is 4.90 Å². The molecule has 4 unspecified atom stereocenters. The number of Topliss-reactive ketones (excluding diaryl/α,β-unsaturated/α-hetero) is 2. The molecule has 74 heavy (non-hydrogen) atoms. The molecule has 4 atom stereocenters. The van der Waals surface area contributed by atoms with E-state index >= 15 is 0 Å². The van der Waals surface area contributed by atoms with Crippen LogP contribution in [0, 0.1) is 17.8 Å². The standard InChI is InChI=1S/C54H106N12O8/c1-11-15-18-20-25-57-49(69)42-47(60-50(70)40-43(14-4)52(72)59-26-21-19-16-12-2)48(68)39-45(54(74)66(10)36-34-64(8)32-30-62(6)28-23-56)38-46(67)37-44(53(73)58-24-17-13-3)41-51(71)65(9)35-33-63(7)31-29-61(5)27-22-55/h43-45,47H,11-42,55-56H2,1-10H3,(H,57,69)(H,58,73)(H,59,72)(H,60,70). The monoisotopic (exact) mass is 1050 g/mol. The Morgan fingerprint density at radius 3 is 1.36 bits per heavy atom. The molecular formula is C54H106N12O8.